The number of sulfonamides is 1. The first-order chi connectivity index (χ1) is 9.35. The normalized spacial score (nSPS) is 11.1. The molecule has 20 heavy (non-hydrogen) atoms. The number of nitriles is 1. The minimum absolute atomic E-state index is 0.0506. The number of nitrogens with two attached hydrogens (primary N) is 1. The second-order valence-electron chi connectivity index (χ2n) is 3.97. The molecular weight excluding hydrogens is 285 g/mol. The van der Waals surface area contributed by atoms with Crippen molar-refractivity contribution >= 4 is 21.5 Å². The van der Waals surface area contributed by atoms with Gasteiger partial charge < -0.3 is 5.73 Å². The molecule has 7 nitrogen and oxygen atoms in total. The average Bonchev–Trinajstić information content (AvgIpc) is 2.70. The highest BCUT2D eigenvalue weighted by Crippen LogP contribution is 2.22. The van der Waals surface area contributed by atoms with Crippen LogP contribution in [0.15, 0.2) is 23.1 Å². The van der Waals surface area contributed by atoms with Gasteiger partial charge in [0.2, 0.25) is 0 Å². The molecule has 4 N–H and O–H groups in total. The van der Waals surface area contributed by atoms with Gasteiger partial charge in [-0.2, -0.15) is 10.4 Å². The van der Waals surface area contributed by atoms with E-state index in [2.05, 4.69) is 14.9 Å². The van der Waals surface area contributed by atoms with Crippen LogP contribution in [0.4, 0.5) is 15.9 Å². The van der Waals surface area contributed by atoms with Crippen LogP contribution < -0.4 is 10.5 Å². The lowest BCUT2D eigenvalue weighted by Crippen LogP contribution is -2.14. The van der Waals surface area contributed by atoms with Crippen LogP contribution in [0.2, 0.25) is 0 Å². The van der Waals surface area contributed by atoms with Crippen molar-refractivity contribution in [2.24, 2.45) is 0 Å². The van der Waals surface area contributed by atoms with Gasteiger partial charge in [0.05, 0.1) is 21.8 Å². The molecule has 0 atom stereocenters. The van der Waals surface area contributed by atoms with Crippen LogP contribution in [0.1, 0.15) is 11.3 Å². The smallest absolute Gasteiger partial charge is 0.263 e. The molecule has 0 saturated carbocycles. The van der Waals surface area contributed by atoms with Crippen LogP contribution in [0.3, 0.4) is 0 Å². The number of benzene rings is 1. The second kappa shape index (κ2) is 4.82. The van der Waals surface area contributed by atoms with E-state index >= 15 is 0 Å². The second-order valence-corrected chi connectivity index (χ2v) is 5.65. The third-order valence-electron chi connectivity index (χ3n) is 2.59. The summed E-state index contributed by atoms with van der Waals surface area (Å²) in [4.78, 5) is -0.254. The average molecular weight is 295 g/mol. The number of aryl methyl sites for hydroxylation is 1. The number of nitrogens with one attached hydrogen (secondary N) is 2. The molecular formula is C11H10FN5O2S. The van der Waals surface area contributed by atoms with Crippen molar-refractivity contribution in [3.63, 3.8) is 0 Å². The van der Waals surface area contributed by atoms with Gasteiger partial charge in [0.1, 0.15) is 11.9 Å². The molecule has 0 aliphatic carbocycles. The Kier molecular flexibility index (Phi) is 3.33. The summed E-state index contributed by atoms with van der Waals surface area (Å²) >= 11 is 0. The lowest BCUT2D eigenvalue weighted by Gasteiger charge is -2.06. The van der Waals surface area contributed by atoms with Crippen molar-refractivity contribution in [1.29, 1.82) is 5.26 Å². The minimum Gasteiger partial charge on any atom is -0.394 e. The van der Waals surface area contributed by atoms with Gasteiger partial charge in [-0.15, -0.1) is 0 Å². The van der Waals surface area contributed by atoms with E-state index in [1.807, 2.05) is 0 Å². The molecule has 0 aliphatic rings. The first-order valence-corrected chi connectivity index (χ1v) is 6.86. The number of hydrogen-bond acceptors (Lipinski definition) is 5. The van der Waals surface area contributed by atoms with Gasteiger partial charge in [-0.05, 0) is 25.1 Å². The Bertz CT molecular complexity index is 807. The fourth-order valence-electron chi connectivity index (χ4n) is 1.46. The van der Waals surface area contributed by atoms with Gasteiger partial charge in [0, 0.05) is 0 Å². The number of hydrogen-bond donors (Lipinski definition) is 3. The van der Waals surface area contributed by atoms with E-state index < -0.39 is 15.8 Å². The highest BCUT2D eigenvalue weighted by Gasteiger charge is 2.19. The zero-order chi connectivity index (χ0) is 14.9. The zero-order valence-corrected chi connectivity index (χ0v) is 11.1. The lowest BCUT2D eigenvalue weighted by molar-refractivity contribution is 0.599. The Labute approximate surface area is 114 Å². The minimum atomic E-state index is -4.00. The van der Waals surface area contributed by atoms with Crippen LogP contribution in [0.25, 0.3) is 0 Å². The fourth-order valence-corrected chi connectivity index (χ4v) is 2.51. The summed E-state index contributed by atoms with van der Waals surface area (Å²) < 4.78 is 39.5. The number of anilines is 2. The summed E-state index contributed by atoms with van der Waals surface area (Å²) in [5, 5.41) is 14.9. The van der Waals surface area contributed by atoms with Gasteiger partial charge in [0.25, 0.3) is 10.0 Å². The highest BCUT2D eigenvalue weighted by atomic mass is 32.2. The molecule has 1 heterocycles. The molecule has 0 amide bonds. The van der Waals surface area contributed by atoms with E-state index in [9.17, 15) is 12.8 Å². The standard InChI is InChI=1S/C11H10FN5O2S/c1-6-10(14)11(16-15-6)17-20(18,19)8-2-3-9(12)7(4-8)5-13/h2-4H,14H2,1H3,(H2,15,16,17). The monoisotopic (exact) mass is 295 g/mol. The van der Waals surface area contributed by atoms with Crippen molar-refractivity contribution in [3.8, 4) is 6.07 Å². The van der Waals surface area contributed by atoms with E-state index in [4.69, 9.17) is 11.0 Å². The van der Waals surface area contributed by atoms with Crippen molar-refractivity contribution in [3.05, 3.63) is 35.3 Å². The van der Waals surface area contributed by atoms with Crippen molar-refractivity contribution in [1.82, 2.24) is 10.2 Å². The SMILES string of the molecule is Cc1[nH]nc(NS(=O)(=O)c2ccc(F)c(C#N)c2)c1N. The summed E-state index contributed by atoms with van der Waals surface area (Å²) in [5.74, 6) is -0.841. The number of aromatic amines is 1. The Morgan fingerprint density at radius 3 is 2.75 bits per heavy atom. The molecule has 0 saturated heterocycles. The summed E-state index contributed by atoms with van der Waals surface area (Å²) in [6.45, 7) is 1.63. The molecule has 0 spiro atoms. The van der Waals surface area contributed by atoms with Crippen molar-refractivity contribution in [2.45, 2.75) is 11.8 Å². The van der Waals surface area contributed by atoms with Gasteiger partial charge >= 0.3 is 0 Å². The van der Waals surface area contributed by atoms with Crippen LogP contribution in [-0.4, -0.2) is 18.6 Å². The van der Waals surface area contributed by atoms with E-state index in [0.29, 0.717) is 5.69 Å². The van der Waals surface area contributed by atoms with Crippen LogP contribution in [0.5, 0.6) is 0 Å². The molecule has 0 aliphatic heterocycles. The predicted molar refractivity (Wildman–Crippen MR) is 69.7 cm³/mol. The molecule has 0 fully saturated rings. The van der Waals surface area contributed by atoms with E-state index in [0.717, 1.165) is 18.2 Å². The molecule has 2 rings (SSSR count). The van der Waals surface area contributed by atoms with Crippen molar-refractivity contribution < 1.29 is 12.8 Å². The Morgan fingerprint density at radius 2 is 2.20 bits per heavy atom. The summed E-state index contributed by atoms with van der Waals surface area (Å²) in [6, 6.07) is 4.47. The predicted octanol–water partition coefficient (Wildman–Crippen LogP) is 1.11. The largest absolute Gasteiger partial charge is 0.394 e. The maximum absolute atomic E-state index is 13.2. The first-order valence-electron chi connectivity index (χ1n) is 5.38. The van der Waals surface area contributed by atoms with Gasteiger partial charge in [-0.3, -0.25) is 9.82 Å². The highest BCUT2D eigenvalue weighted by molar-refractivity contribution is 7.92. The number of nitrogens with zero attached hydrogens (tertiary/aromatic N) is 2. The van der Waals surface area contributed by atoms with Crippen LogP contribution in [-0.2, 0) is 10.0 Å². The van der Waals surface area contributed by atoms with Gasteiger partial charge in [0.15, 0.2) is 5.82 Å². The molecule has 0 bridgehead atoms. The number of aromatic nitrogens is 2. The molecule has 1 aromatic heterocycles. The quantitative estimate of drug-likeness (QED) is 0.782. The molecule has 0 unspecified atom stereocenters. The van der Waals surface area contributed by atoms with Gasteiger partial charge in [-0.1, -0.05) is 0 Å². The zero-order valence-electron chi connectivity index (χ0n) is 10.3. The maximum Gasteiger partial charge on any atom is 0.263 e. The summed E-state index contributed by atoms with van der Waals surface area (Å²) in [7, 11) is -4.00. The lowest BCUT2D eigenvalue weighted by atomic mass is 10.2. The number of halogens is 1. The fraction of sp³-hybridized carbons (Fsp3) is 0.0909. The Balaban J connectivity index is 2.41. The molecule has 9 heteroatoms. The maximum atomic E-state index is 13.2. The molecule has 1 aromatic carbocycles. The topological polar surface area (TPSA) is 125 Å². The summed E-state index contributed by atoms with van der Waals surface area (Å²) in [5.41, 5.74) is 5.95. The molecule has 0 radical (unpaired) electrons. The van der Waals surface area contributed by atoms with Crippen LogP contribution >= 0.6 is 0 Å². The Hall–Kier alpha value is -2.60. The number of nitrogen functional groups attached to an aromatic ring is 1. The third-order valence-corrected chi connectivity index (χ3v) is 3.93. The summed E-state index contributed by atoms with van der Waals surface area (Å²) in [6.07, 6.45) is 0. The van der Waals surface area contributed by atoms with E-state index in [1.165, 1.54) is 0 Å². The third kappa shape index (κ3) is 2.41. The van der Waals surface area contributed by atoms with E-state index in [1.54, 1.807) is 13.0 Å². The Morgan fingerprint density at radius 1 is 1.50 bits per heavy atom. The van der Waals surface area contributed by atoms with Crippen molar-refractivity contribution in [2.75, 3.05) is 10.5 Å². The molecule has 2 aromatic rings. The molecule has 104 valence electrons. The first kappa shape index (κ1) is 13.8. The van der Waals surface area contributed by atoms with Gasteiger partial charge in [-0.25, -0.2) is 12.8 Å². The number of H-pyrrole nitrogens is 1. The number of rotatable bonds is 3. The van der Waals surface area contributed by atoms with Crippen LogP contribution in [0, 0.1) is 24.1 Å². The van der Waals surface area contributed by atoms with E-state index in [-0.39, 0.29) is 22.0 Å².